The van der Waals surface area contributed by atoms with Gasteiger partial charge in [0.15, 0.2) is 0 Å². The van der Waals surface area contributed by atoms with E-state index in [1.54, 1.807) is 0 Å². The number of hydrogen-bond donors (Lipinski definition) is 1. The molecule has 2 N–H and O–H groups in total. The van der Waals surface area contributed by atoms with Gasteiger partial charge in [-0.1, -0.05) is 27.2 Å². The van der Waals surface area contributed by atoms with Crippen LogP contribution in [0.25, 0.3) is 0 Å². The van der Waals surface area contributed by atoms with Crippen LogP contribution in [0.5, 0.6) is 0 Å². The topological polar surface area (TPSA) is 29.3 Å². The second-order valence-corrected chi connectivity index (χ2v) is 4.99. The lowest BCUT2D eigenvalue weighted by Gasteiger charge is -2.30. The first-order valence-corrected chi connectivity index (χ1v) is 5.97. The third-order valence-corrected chi connectivity index (χ3v) is 2.46. The van der Waals surface area contributed by atoms with Crippen LogP contribution in [0.4, 0.5) is 0 Å². The molecule has 0 amide bonds. The molecule has 0 aliphatic carbocycles. The molecule has 1 unspecified atom stereocenters. The minimum atomic E-state index is 0.348. The Morgan fingerprint density at radius 3 is 2.00 bits per heavy atom. The van der Waals surface area contributed by atoms with Gasteiger partial charge in [0.2, 0.25) is 0 Å². The predicted molar refractivity (Wildman–Crippen MR) is 64.4 cm³/mol. The van der Waals surface area contributed by atoms with E-state index >= 15 is 0 Å². The van der Waals surface area contributed by atoms with E-state index in [0.29, 0.717) is 12.1 Å². The summed E-state index contributed by atoms with van der Waals surface area (Å²) in [6.45, 7) is 13.4. The molecule has 0 fully saturated rings. The summed E-state index contributed by atoms with van der Waals surface area (Å²) < 4.78 is 0. The van der Waals surface area contributed by atoms with Gasteiger partial charge in [-0.05, 0) is 26.2 Å². The Morgan fingerprint density at radius 1 is 1.07 bits per heavy atom. The lowest BCUT2D eigenvalue weighted by molar-refractivity contribution is 0.183. The Kier molecular flexibility index (Phi) is 7.20. The summed E-state index contributed by atoms with van der Waals surface area (Å²) in [4.78, 5) is 2.49. The van der Waals surface area contributed by atoms with E-state index in [1.807, 2.05) is 0 Å². The molecule has 14 heavy (non-hydrogen) atoms. The number of nitrogens with two attached hydrogens (primary N) is 1. The molecule has 0 aromatic heterocycles. The maximum absolute atomic E-state index is 6.06. The van der Waals surface area contributed by atoms with Crippen LogP contribution in [0.15, 0.2) is 0 Å². The van der Waals surface area contributed by atoms with Crippen molar-refractivity contribution >= 4 is 0 Å². The second-order valence-electron chi connectivity index (χ2n) is 4.99. The van der Waals surface area contributed by atoms with Gasteiger partial charge in [-0.3, -0.25) is 4.90 Å². The average Bonchev–Trinajstić information content (AvgIpc) is 2.02. The van der Waals surface area contributed by atoms with Crippen molar-refractivity contribution in [2.45, 2.75) is 59.5 Å². The van der Waals surface area contributed by atoms with Crippen molar-refractivity contribution in [3.05, 3.63) is 0 Å². The van der Waals surface area contributed by atoms with E-state index in [4.69, 9.17) is 5.73 Å². The first-order chi connectivity index (χ1) is 6.47. The van der Waals surface area contributed by atoms with Gasteiger partial charge in [-0.25, -0.2) is 0 Å². The smallest absolute Gasteiger partial charge is 0.0167 e. The monoisotopic (exact) mass is 200 g/mol. The maximum Gasteiger partial charge on any atom is 0.0167 e. The van der Waals surface area contributed by atoms with Crippen LogP contribution in [0.3, 0.4) is 0 Å². The van der Waals surface area contributed by atoms with Crippen LogP contribution >= 0.6 is 0 Å². The summed E-state index contributed by atoms with van der Waals surface area (Å²) in [5.74, 6) is 0.728. The fraction of sp³-hybridized carbons (Fsp3) is 1.00. The predicted octanol–water partition coefficient (Wildman–Crippen LogP) is 2.48. The Hall–Kier alpha value is -0.0800. The van der Waals surface area contributed by atoms with E-state index in [2.05, 4.69) is 39.5 Å². The van der Waals surface area contributed by atoms with E-state index < -0.39 is 0 Å². The summed E-state index contributed by atoms with van der Waals surface area (Å²) in [6.07, 6.45) is 2.33. The molecule has 0 aliphatic heterocycles. The molecule has 1 atom stereocenters. The average molecular weight is 200 g/mol. The zero-order chi connectivity index (χ0) is 11.1. The zero-order valence-corrected chi connectivity index (χ0v) is 10.6. The largest absolute Gasteiger partial charge is 0.327 e. The van der Waals surface area contributed by atoms with Crippen LogP contribution in [0, 0.1) is 5.92 Å². The zero-order valence-electron chi connectivity index (χ0n) is 10.6. The lowest BCUT2D eigenvalue weighted by Crippen LogP contribution is -2.42. The summed E-state index contributed by atoms with van der Waals surface area (Å²) in [6, 6.07) is 0.960. The first kappa shape index (κ1) is 13.9. The third kappa shape index (κ3) is 6.39. The molecule has 0 spiro atoms. The van der Waals surface area contributed by atoms with E-state index in [0.717, 1.165) is 25.4 Å². The quantitative estimate of drug-likeness (QED) is 0.684. The van der Waals surface area contributed by atoms with Crippen molar-refractivity contribution in [3.63, 3.8) is 0 Å². The second kappa shape index (κ2) is 7.24. The highest BCUT2D eigenvalue weighted by atomic mass is 15.2. The minimum Gasteiger partial charge on any atom is -0.327 e. The number of hydrogen-bond acceptors (Lipinski definition) is 2. The molecule has 0 aromatic rings. The first-order valence-electron chi connectivity index (χ1n) is 5.97. The van der Waals surface area contributed by atoms with Gasteiger partial charge in [0.05, 0.1) is 0 Å². The molecule has 0 saturated carbocycles. The fourth-order valence-electron chi connectivity index (χ4n) is 1.73. The van der Waals surface area contributed by atoms with Crippen molar-refractivity contribution < 1.29 is 0 Å². The molecule has 0 aromatic carbocycles. The van der Waals surface area contributed by atoms with Gasteiger partial charge in [0.25, 0.3) is 0 Å². The molecule has 0 radical (unpaired) electrons. The molecule has 86 valence electrons. The van der Waals surface area contributed by atoms with Crippen LogP contribution in [0.1, 0.15) is 47.5 Å². The van der Waals surface area contributed by atoms with Crippen molar-refractivity contribution in [2.75, 3.05) is 13.1 Å². The third-order valence-electron chi connectivity index (χ3n) is 2.46. The molecule has 2 heteroatoms. The van der Waals surface area contributed by atoms with Gasteiger partial charge in [-0.15, -0.1) is 0 Å². The van der Waals surface area contributed by atoms with Gasteiger partial charge in [-0.2, -0.15) is 0 Å². The fourth-order valence-corrected chi connectivity index (χ4v) is 1.73. The van der Waals surface area contributed by atoms with Crippen molar-refractivity contribution in [1.82, 2.24) is 4.90 Å². The number of rotatable bonds is 7. The van der Waals surface area contributed by atoms with Crippen LogP contribution in [0.2, 0.25) is 0 Å². The van der Waals surface area contributed by atoms with E-state index in [9.17, 15) is 0 Å². The summed E-state index contributed by atoms with van der Waals surface area (Å²) >= 11 is 0. The minimum absolute atomic E-state index is 0.348. The maximum atomic E-state index is 6.06. The van der Waals surface area contributed by atoms with Crippen LogP contribution in [-0.2, 0) is 0 Å². The summed E-state index contributed by atoms with van der Waals surface area (Å²) in [5.41, 5.74) is 6.06. The molecule has 0 heterocycles. The van der Waals surface area contributed by atoms with Crippen LogP contribution < -0.4 is 5.73 Å². The van der Waals surface area contributed by atoms with Gasteiger partial charge in [0.1, 0.15) is 0 Å². The highest BCUT2D eigenvalue weighted by Crippen LogP contribution is 2.06. The van der Waals surface area contributed by atoms with Crippen molar-refractivity contribution in [3.8, 4) is 0 Å². The Balaban J connectivity index is 3.95. The lowest BCUT2D eigenvalue weighted by atomic mass is 10.1. The Labute approximate surface area is 89.9 Å². The summed E-state index contributed by atoms with van der Waals surface area (Å²) in [5, 5.41) is 0. The molecule has 2 nitrogen and oxygen atoms in total. The molecule has 0 aliphatic rings. The Morgan fingerprint density at radius 2 is 1.64 bits per heavy atom. The van der Waals surface area contributed by atoms with Crippen molar-refractivity contribution in [2.24, 2.45) is 11.7 Å². The van der Waals surface area contributed by atoms with E-state index in [-0.39, 0.29) is 0 Å². The normalized spacial score (nSPS) is 14.4. The SMILES string of the molecule is CCCC(N)CN(CC(C)C)C(C)C. The van der Waals surface area contributed by atoms with Gasteiger partial charge >= 0.3 is 0 Å². The molecule has 0 saturated heterocycles. The number of nitrogens with zero attached hydrogens (tertiary/aromatic N) is 1. The van der Waals surface area contributed by atoms with Gasteiger partial charge in [0, 0.05) is 25.2 Å². The molecule has 0 bridgehead atoms. The van der Waals surface area contributed by atoms with E-state index in [1.165, 1.54) is 6.42 Å². The summed E-state index contributed by atoms with van der Waals surface area (Å²) in [7, 11) is 0. The Bertz CT molecular complexity index is 132. The van der Waals surface area contributed by atoms with Crippen LogP contribution in [-0.4, -0.2) is 30.1 Å². The highest BCUT2D eigenvalue weighted by Gasteiger charge is 2.14. The van der Waals surface area contributed by atoms with Crippen molar-refractivity contribution in [1.29, 1.82) is 0 Å². The van der Waals surface area contributed by atoms with Gasteiger partial charge < -0.3 is 5.73 Å². The standard InChI is InChI=1S/C12H28N2/c1-6-7-12(13)9-14(11(4)5)8-10(2)3/h10-12H,6-9,13H2,1-5H3. The highest BCUT2D eigenvalue weighted by molar-refractivity contribution is 4.71. The molecular formula is C12H28N2. The molecular weight excluding hydrogens is 172 g/mol. The molecule has 0 rings (SSSR count).